The zero-order valence-electron chi connectivity index (χ0n) is 83.7. The SMILES string of the molecule is CC(C)(C)c1ccnc(-c2cc(C(C)(C)C)cc(-n3cccn3)n2)c1.CC(C)(C)c1ccnc(-c2cc(C(C)(C)C)cc(-n3cccn3)n2)c1.CC(C)(C)c1ccnc(-c2cc(C(C)(C)C)cc(-n3cccn3)n2)c1.CC(C)(C)c1ccnc(-c2cc(C(C)(C)C)cc(-n3cccn3)n2)c1.[Co+2].[Co+2].[Co+3].c1cc2nc(c1)c1cccc(n1)c1cccc(n1)c1cccc(n1)c1cccc(n1)c1cccc2n1. The zero-order chi connectivity index (χ0) is 96.9. The molecule has 22 nitrogen and oxygen atoms in total. The van der Waals surface area contributed by atoms with Gasteiger partial charge in [-0.15, -0.1) is 0 Å². The number of pyridine rings is 14. The van der Waals surface area contributed by atoms with Crippen molar-refractivity contribution in [3.8, 4) is 68.8 Å². The molecule has 0 spiro atoms. The van der Waals surface area contributed by atoms with Gasteiger partial charge in [0.1, 0.15) is 0 Å². The monoisotopic (exact) mass is 1980 g/mol. The molecule has 19 heterocycles. The van der Waals surface area contributed by atoms with Gasteiger partial charge in [0.05, 0.1) is 112 Å². The van der Waals surface area contributed by atoms with Crippen LogP contribution in [0.4, 0.5) is 0 Å². The summed E-state index contributed by atoms with van der Waals surface area (Å²) in [4.78, 5) is 66.9. The Hall–Kier alpha value is -13.5. The van der Waals surface area contributed by atoms with Crippen molar-refractivity contribution < 1.29 is 50.3 Å². The van der Waals surface area contributed by atoms with Crippen molar-refractivity contribution >= 4 is 66.2 Å². The number of hydrogen-bond acceptors (Lipinski definition) is 18. The Morgan fingerprint density at radius 2 is 0.317 bits per heavy atom. The molecule has 0 saturated heterocycles. The summed E-state index contributed by atoms with van der Waals surface area (Å²) in [5.74, 6) is 3.26. The average molecular weight is 1980 g/mol. The van der Waals surface area contributed by atoms with E-state index in [4.69, 9.17) is 49.8 Å². The smallest absolute Gasteiger partial charge is 0.255 e. The van der Waals surface area contributed by atoms with Crippen LogP contribution in [0.5, 0.6) is 0 Å². The van der Waals surface area contributed by atoms with E-state index in [0.29, 0.717) is 0 Å². The topological polar surface area (TPSA) is 252 Å². The Kier molecular flexibility index (Phi) is 32.2. The minimum atomic E-state index is 0. The molecular formula is C114H122Co3N22+7. The molecule has 0 aliphatic carbocycles. The molecule has 0 aromatic carbocycles. The summed E-state index contributed by atoms with van der Waals surface area (Å²) >= 11 is 0. The maximum Gasteiger partial charge on any atom is 3.00 e. The van der Waals surface area contributed by atoms with E-state index in [1.165, 1.54) is 44.5 Å². The summed E-state index contributed by atoms with van der Waals surface area (Å²) < 4.78 is 7.19. The Labute approximate surface area is 846 Å². The van der Waals surface area contributed by atoms with Gasteiger partial charge in [0.2, 0.25) is 0 Å². The van der Waals surface area contributed by atoms with Gasteiger partial charge in [0.15, 0.2) is 23.3 Å². The molecule has 0 aliphatic heterocycles. The van der Waals surface area contributed by atoms with Crippen molar-refractivity contribution in [3.63, 3.8) is 0 Å². The van der Waals surface area contributed by atoms with Gasteiger partial charge in [0.25, 0.3) is 0 Å². The van der Waals surface area contributed by atoms with Crippen LogP contribution >= 0.6 is 0 Å². The third-order valence-corrected chi connectivity index (χ3v) is 23.3. The van der Waals surface area contributed by atoms with Crippen LogP contribution in [0.25, 0.3) is 135 Å². The number of fused-ring (bicyclic) bond motifs is 18. The first-order valence-corrected chi connectivity index (χ1v) is 46.2. The molecule has 0 amide bonds. The normalized spacial score (nSPS) is 11.9. The second-order valence-electron chi connectivity index (χ2n) is 42.4. The number of nitrogens with zero attached hydrogens (tertiary/aromatic N) is 22. The van der Waals surface area contributed by atoms with Gasteiger partial charge in [-0.3, -0.25) is 19.9 Å². The predicted octanol–water partition coefficient (Wildman–Crippen LogP) is 26.4. The molecule has 25 heteroatoms. The van der Waals surface area contributed by atoms with Gasteiger partial charge in [0, 0.05) is 74.4 Å². The zero-order valence-corrected chi connectivity index (χ0v) is 86.8. The van der Waals surface area contributed by atoms with Gasteiger partial charge in [-0.2, -0.15) is 20.4 Å². The summed E-state index contributed by atoms with van der Waals surface area (Å²) in [6, 6.07) is 76.9. The Morgan fingerprint density at radius 1 is 0.165 bits per heavy atom. The van der Waals surface area contributed by atoms with Crippen LogP contribution in [0.2, 0.25) is 0 Å². The quantitative estimate of drug-likeness (QED) is 0.137. The maximum absolute atomic E-state index is 4.89. The van der Waals surface area contributed by atoms with Crippen LogP contribution in [0, 0.1) is 0 Å². The number of aromatic nitrogens is 22. The molecule has 12 bridgehead atoms. The molecule has 0 N–H and O–H groups in total. The Bertz CT molecular complexity index is 6470. The van der Waals surface area contributed by atoms with Gasteiger partial charge >= 0.3 is 50.3 Å². The molecule has 19 rings (SSSR count). The molecule has 0 aliphatic rings. The van der Waals surface area contributed by atoms with Crippen LogP contribution in [-0.2, 0) is 93.7 Å². The van der Waals surface area contributed by atoms with Crippen molar-refractivity contribution in [1.29, 1.82) is 0 Å². The molecule has 708 valence electrons. The van der Waals surface area contributed by atoms with Gasteiger partial charge in [-0.1, -0.05) is 203 Å². The minimum Gasteiger partial charge on any atom is -0.255 e. The molecule has 19 aromatic rings. The summed E-state index contributed by atoms with van der Waals surface area (Å²) in [7, 11) is 0. The van der Waals surface area contributed by atoms with E-state index in [1.54, 1.807) is 43.5 Å². The summed E-state index contributed by atoms with van der Waals surface area (Å²) in [6.07, 6.45) is 22.2. The third kappa shape index (κ3) is 26.3. The Balaban J connectivity index is 0.000000156. The molecule has 0 unspecified atom stereocenters. The fraction of sp³-hybridized carbons (Fsp3) is 0.281. The van der Waals surface area contributed by atoms with Crippen LogP contribution in [0.1, 0.15) is 211 Å². The summed E-state index contributed by atoms with van der Waals surface area (Å²) in [5.41, 5.74) is 26.6. The molecule has 19 aromatic heterocycles. The van der Waals surface area contributed by atoms with E-state index in [2.05, 4.69) is 304 Å². The van der Waals surface area contributed by atoms with Crippen LogP contribution in [0.3, 0.4) is 0 Å². The fourth-order valence-electron chi connectivity index (χ4n) is 14.9. The van der Waals surface area contributed by atoms with Crippen molar-refractivity contribution in [1.82, 2.24) is 109 Å². The predicted molar refractivity (Wildman–Crippen MR) is 553 cm³/mol. The Morgan fingerprint density at radius 3 is 0.453 bits per heavy atom. The van der Waals surface area contributed by atoms with Crippen LogP contribution in [-0.4, -0.2) is 109 Å². The number of hydrogen-bond donors (Lipinski definition) is 0. The first-order valence-electron chi connectivity index (χ1n) is 46.2. The van der Waals surface area contributed by atoms with Crippen LogP contribution in [0.15, 0.2) is 305 Å². The van der Waals surface area contributed by atoms with Crippen molar-refractivity contribution in [2.24, 2.45) is 0 Å². The molecule has 139 heavy (non-hydrogen) atoms. The summed E-state index contributed by atoms with van der Waals surface area (Å²) in [6.45, 7) is 53.0. The first-order chi connectivity index (χ1) is 64.4. The van der Waals surface area contributed by atoms with E-state index in [-0.39, 0.29) is 93.7 Å². The molecule has 0 atom stereocenters. The second-order valence-corrected chi connectivity index (χ2v) is 42.4. The van der Waals surface area contributed by atoms with Crippen molar-refractivity contribution in [3.05, 3.63) is 349 Å². The first kappa shape index (κ1) is 104. The average Bonchev–Trinajstić information content (AvgIpc) is 1.76. The summed E-state index contributed by atoms with van der Waals surface area (Å²) in [5, 5.41) is 17.3. The van der Waals surface area contributed by atoms with E-state index < -0.39 is 0 Å². The second kappa shape index (κ2) is 42.8. The van der Waals surface area contributed by atoms with Crippen molar-refractivity contribution in [2.45, 2.75) is 209 Å². The molecule has 0 fully saturated rings. The standard InChI is InChI=1S/C30H18N6.4C21H26N4.3Co/c1-7-19-21-9-2-11-23(32-21)25-13-4-15-27(34-25)29-17-6-18-30(36-29)28-16-5-14-26(35-28)24-12-3-10-22(33-24)20(8-1)31-19;4*1-20(2,3)15-8-10-22-17(12-15)18-13-16(21(4,5)6)14-19(24-18)25-11-7-9-23-25;;;/h1-18H;4*7-14H,1-6H3;;;/q;;;;;2*+2;+3. The third-order valence-electron chi connectivity index (χ3n) is 23.3. The van der Waals surface area contributed by atoms with Gasteiger partial charge in [-0.05, 0) is 282 Å². The largest absolute Gasteiger partial charge is 3.00 e. The minimum absolute atomic E-state index is 0. The molecular weight excluding hydrogens is 1850 g/mol. The maximum atomic E-state index is 4.89. The molecule has 2 radical (unpaired) electrons. The van der Waals surface area contributed by atoms with E-state index >= 15 is 0 Å². The van der Waals surface area contributed by atoms with E-state index in [9.17, 15) is 0 Å². The fourth-order valence-corrected chi connectivity index (χ4v) is 14.9. The van der Waals surface area contributed by atoms with Crippen molar-refractivity contribution in [2.75, 3.05) is 0 Å². The van der Waals surface area contributed by atoms with E-state index in [0.717, 1.165) is 135 Å². The number of rotatable bonds is 8. The molecule has 0 saturated carbocycles. The van der Waals surface area contributed by atoms with E-state index in [1.807, 2.05) is 183 Å². The van der Waals surface area contributed by atoms with Gasteiger partial charge in [-0.25, -0.2) is 68.6 Å². The van der Waals surface area contributed by atoms with Gasteiger partial charge < -0.3 is 0 Å². The van der Waals surface area contributed by atoms with Crippen LogP contribution < -0.4 is 0 Å².